The molecule has 1 saturated heterocycles. The topological polar surface area (TPSA) is 92.1 Å². The molecule has 4 heterocycles. The van der Waals surface area contributed by atoms with Crippen molar-refractivity contribution >= 4 is 28.1 Å². The SMILES string of the molecule is CSc1nn2c(=O)cc(CN3CCCC3c3n[nH]c(C)n3)nc2s1. The number of nitrogens with zero attached hydrogens (tertiary/aromatic N) is 6. The van der Waals surface area contributed by atoms with Crippen LogP contribution in [-0.4, -0.2) is 47.5 Å². The second kappa shape index (κ2) is 6.26. The number of likely N-dealkylation sites (tertiary alicyclic amines) is 1. The largest absolute Gasteiger partial charge is 0.287 e. The van der Waals surface area contributed by atoms with E-state index in [4.69, 9.17) is 0 Å². The molecule has 1 N–H and O–H groups in total. The number of rotatable bonds is 4. The highest BCUT2D eigenvalue weighted by atomic mass is 32.2. The summed E-state index contributed by atoms with van der Waals surface area (Å²) in [5, 5.41) is 11.5. The van der Waals surface area contributed by atoms with Gasteiger partial charge in [0.1, 0.15) is 5.82 Å². The number of thioether (sulfide) groups is 1. The molecule has 0 amide bonds. The van der Waals surface area contributed by atoms with Crippen molar-refractivity contribution < 1.29 is 0 Å². The minimum Gasteiger partial charge on any atom is -0.287 e. The Labute approximate surface area is 146 Å². The third kappa shape index (κ3) is 2.85. The fourth-order valence-corrected chi connectivity index (χ4v) is 4.41. The van der Waals surface area contributed by atoms with Crippen molar-refractivity contribution in [3.05, 3.63) is 33.8 Å². The lowest BCUT2D eigenvalue weighted by atomic mass is 10.2. The fraction of sp³-hybridized carbons (Fsp3) is 0.500. The quantitative estimate of drug-likeness (QED) is 0.704. The first-order valence-electron chi connectivity index (χ1n) is 7.71. The molecule has 4 rings (SSSR count). The van der Waals surface area contributed by atoms with E-state index in [1.54, 1.807) is 6.07 Å². The Kier molecular flexibility index (Phi) is 4.10. The predicted octanol–water partition coefficient (Wildman–Crippen LogP) is 1.64. The van der Waals surface area contributed by atoms with Crippen molar-refractivity contribution in [2.75, 3.05) is 12.8 Å². The number of aromatic amines is 1. The van der Waals surface area contributed by atoms with Crippen molar-refractivity contribution in [1.82, 2.24) is 34.7 Å². The third-order valence-electron chi connectivity index (χ3n) is 4.10. The van der Waals surface area contributed by atoms with Crippen molar-refractivity contribution in [2.45, 2.75) is 36.7 Å². The summed E-state index contributed by atoms with van der Waals surface area (Å²) < 4.78 is 2.21. The molecule has 1 aliphatic rings. The molecule has 10 heteroatoms. The molecule has 8 nitrogen and oxygen atoms in total. The van der Waals surface area contributed by atoms with Gasteiger partial charge in [0, 0.05) is 12.6 Å². The summed E-state index contributed by atoms with van der Waals surface area (Å²) in [7, 11) is 0. The average molecular weight is 363 g/mol. The van der Waals surface area contributed by atoms with Crippen LogP contribution in [-0.2, 0) is 6.54 Å². The highest BCUT2D eigenvalue weighted by Crippen LogP contribution is 2.31. The molecule has 1 unspecified atom stereocenters. The van der Waals surface area contributed by atoms with Crippen LogP contribution >= 0.6 is 23.1 Å². The van der Waals surface area contributed by atoms with E-state index in [2.05, 4.69) is 30.2 Å². The number of hydrogen-bond donors (Lipinski definition) is 1. The van der Waals surface area contributed by atoms with E-state index in [-0.39, 0.29) is 11.6 Å². The molecule has 1 fully saturated rings. The summed E-state index contributed by atoms with van der Waals surface area (Å²) in [5.74, 6) is 1.65. The molecule has 0 spiro atoms. The Morgan fingerprint density at radius 2 is 2.33 bits per heavy atom. The Bertz CT molecular complexity index is 931. The van der Waals surface area contributed by atoms with Crippen molar-refractivity contribution in [2.24, 2.45) is 0 Å². The first kappa shape index (κ1) is 15.7. The zero-order chi connectivity index (χ0) is 16.7. The molecule has 1 aliphatic heterocycles. The van der Waals surface area contributed by atoms with Gasteiger partial charge in [0.25, 0.3) is 5.56 Å². The van der Waals surface area contributed by atoms with E-state index >= 15 is 0 Å². The molecule has 3 aromatic rings. The number of aromatic nitrogens is 6. The fourth-order valence-electron chi connectivity index (χ4n) is 3.03. The maximum atomic E-state index is 12.3. The van der Waals surface area contributed by atoms with Crippen molar-refractivity contribution in [3.8, 4) is 0 Å². The highest BCUT2D eigenvalue weighted by Gasteiger charge is 2.29. The van der Waals surface area contributed by atoms with E-state index in [9.17, 15) is 4.79 Å². The highest BCUT2D eigenvalue weighted by molar-refractivity contribution is 8.00. The summed E-state index contributed by atoms with van der Waals surface area (Å²) in [5.41, 5.74) is 0.645. The monoisotopic (exact) mass is 363 g/mol. The maximum Gasteiger partial charge on any atom is 0.275 e. The molecule has 24 heavy (non-hydrogen) atoms. The van der Waals surface area contributed by atoms with Gasteiger partial charge in [-0.3, -0.25) is 14.8 Å². The van der Waals surface area contributed by atoms with E-state index in [0.29, 0.717) is 11.5 Å². The molecule has 126 valence electrons. The molecule has 0 aliphatic carbocycles. The van der Waals surface area contributed by atoms with E-state index < -0.39 is 0 Å². The summed E-state index contributed by atoms with van der Waals surface area (Å²) >= 11 is 2.96. The van der Waals surface area contributed by atoms with Gasteiger partial charge in [-0.25, -0.2) is 9.97 Å². The lowest BCUT2D eigenvalue weighted by molar-refractivity contribution is 0.237. The predicted molar refractivity (Wildman–Crippen MR) is 92.4 cm³/mol. The molecule has 1 atom stereocenters. The van der Waals surface area contributed by atoms with Crippen LogP contribution in [0.25, 0.3) is 4.96 Å². The number of aryl methyl sites for hydroxylation is 1. The van der Waals surface area contributed by atoms with Crippen LogP contribution in [0, 0.1) is 6.92 Å². The van der Waals surface area contributed by atoms with Gasteiger partial charge >= 0.3 is 0 Å². The molecule has 0 aromatic carbocycles. The molecule has 0 radical (unpaired) electrons. The summed E-state index contributed by atoms with van der Waals surface area (Å²) in [4.78, 5) is 24.3. The van der Waals surface area contributed by atoms with Gasteiger partial charge in [-0.05, 0) is 32.6 Å². The lowest BCUT2D eigenvalue weighted by Gasteiger charge is -2.21. The van der Waals surface area contributed by atoms with Crippen molar-refractivity contribution in [3.63, 3.8) is 0 Å². The average Bonchev–Trinajstić information content (AvgIpc) is 3.26. The summed E-state index contributed by atoms with van der Waals surface area (Å²) in [6.07, 6.45) is 4.06. The standard InChI is InChI=1S/C14H17N7OS2/c1-8-15-12(18-17-8)10-4-3-5-20(10)7-9-6-11(22)21-13(16-9)24-14(19-21)23-2/h6,10H,3-5,7H2,1-2H3,(H,15,17,18). The van der Waals surface area contributed by atoms with Crippen LogP contribution in [0.15, 0.2) is 15.2 Å². The zero-order valence-corrected chi connectivity index (χ0v) is 15.0. The van der Waals surface area contributed by atoms with Gasteiger partial charge in [-0.1, -0.05) is 23.1 Å². The Morgan fingerprint density at radius 1 is 1.46 bits per heavy atom. The number of H-pyrrole nitrogens is 1. The van der Waals surface area contributed by atoms with Gasteiger partial charge in [0.2, 0.25) is 4.96 Å². The third-order valence-corrected chi connectivity index (χ3v) is 5.98. The first-order chi connectivity index (χ1) is 11.6. The van der Waals surface area contributed by atoms with E-state index in [1.807, 2.05) is 13.2 Å². The maximum absolute atomic E-state index is 12.3. The second-order valence-corrected chi connectivity index (χ2v) is 7.77. The Hall–Kier alpha value is -1.78. The van der Waals surface area contributed by atoms with E-state index in [1.165, 1.54) is 27.6 Å². The number of hydrogen-bond acceptors (Lipinski definition) is 8. The normalized spacial score (nSPS) is 18.7. The van der Waals surface area contributed by atoms with Crippen LogP contribution < -0.4 is 5.56 Å². The van der Waals surface area contributed by atoms with Gasteiger partial charge in [-0.2, -0.15) is 9.61 Å². The van der Waals surface area contributed by atoms with Crippen LogP contribution in [0.1, 0.15) is 36.2 Å². The van der Waals surface area contributed by atoms with Gasteiger partial charge in [-0.15, -0.1) is 5.10 Å². The van der Waals surface area contributed by atoms with Crippen LogP contribution in [0.4, 0.5) is 0 Å². The molecular weight excluding hydrogens is 346 g/mol. The van der Waals surface area contributed by atoms with Gasteiger partial charge in [0.05, 0.1) is 11.7 Å². The summed E-state index contributed by atoms with van der Waals surface area (Å²) in [6, 6.07) is 1.76. The van der Waals surface area contributed by atoms with Crippen LogP contribution in [0.2, 0.25) is 0 Å². The second-order valence-electron chi connectivity index (χ2n) is 5.76. The molecular formula is C14H17N7OS2. The molecule has 3 aromatic heterocycles. The minimum atomic E-state index is -0.129. The first-order valence-corrected chi connectivity index (χ1v) is 9.75. The van der Waals surface area contributed by atoms with Crippen LogP contribution in [0.5, 0.6) is 0 Å². The Balaban J connectivity index is 1.62. The van der Waals surface area contributed by atoms with Gasteiger partial charge in [0.15, 0.2) is 10.2 Å². The number of fused-ring (bicyclic) bond motifs is 1. The molecule has 0 bridgehead atoms. The smallest absolute Gasteiger partial charge is 0.275 e. The lowest BCUT2D eigenvalue weighted by Crippen LogP contribution is -2.26. The minimum absolute atomic E-state index is 0.129. The Morgan fingerprint density at radius 3 is 3.08 bits per heavy atom. The van der Waals surface area contributed by atoms with E-state index in [0.717, 1.165) is 41.1 Å². The van der Waals surface area contributed by atoms with Gasteiger partial charge < -0.3 is 0 Å². The van der Waals surface area contributed by atoms with Crippen molar-refractivity contribution in [1.29, 1.82) is 0 Å². The zero-order valence-electron chi connectivity index (χ0n) is 13.4. The molecule has 0 saturated carbocycles. The van der Waals surface area contributed by atoms with Crippen LogP contribution in [0.3, 0.4) is 0 Å². The summed E-state index contributed by atoms with van der Waals surface area (Å²) in [6.45, 7) is 3.48. The number of nitrogens with one attached hydrogen (secondary N) is 1.